The summed E-state index contributed by atoms with van der Waals surface area (Å²) in [5, 5.41) is 10.8. The zero-order valence-electron chi connectivity index (χ0n) is 11.3. The summed E-state index contributed by atoms with van der Waals surface area (Å²) in [5.41, 5.74) is 0.684. The average molecular weight is 460 g/mol. The number of rotatable bonds is 4. The fourth-order valence-electron chi connectivity index (χ4n) is 1.77. The molecule has 10 heteroatoms. The summed E-state index contributed by atoms with van der Waals surface area (Å²) in [7, 11) is -3.96. The van der Waals surface area contributed by atoms with Crippen LogP contribution in [0, 0.1) is 0 Å². The summed E-state index contributed by atoms with van der Waals surface area (Å²) in [5.74, 6) is 0.189. The Morgan fingerprint density at radius 1 is 1.04 bits per heavy atom. The molecule has 0 amide bonds. The van der Waals surface area contributed by atoms with Gasteiger partial charge in [-0.15, -0.1) is 5.10 Å². The Morgan fingerprint density at radius 3 is 2.43 bits per heavy atom. The fourth-order valence-corrected chi connectivity index (χ4v) is 4.16. The minimum Gasteiger partial charge on any atom is -0.379 e. The molecule has 23 heavy (non-hydrogen) atoms. The molecule has 1 heterocycles. The van der Waals surface area contributed by atoms with Crippen molar-refractivity contribution >= 4 is 42.0 Å². The van der Waals surface area contributed by atoms with E-state index in [0.717, 1.165) is 0 Å². The van der Waals surface area contributed by atoms with Gasteiger partial charge in [0.1, 0.15) is 17.0 Å². The molecule has 0 N–H and O–H groups in total. The first-order valence-electron chi connectivity index (χ1n) is 6.19. The lowest BCUT2D eigenvalue weighted by atomic mass is 10.3. The lowest BCUT2D eigenvalue weighted by Crippen LogP contribution is -2.10. The van der Waals surface area contributed by atoms with Crippen molar-refractivity contribution < 1.29 is 12.6 Å². The number of tetrazole rings is 1. The third-order valence-electron chi connectivity index (χ3n) is 2.82. The van der Waals surface area contributed by atoms with Crippen molar-refractivity contribution in [3.05, 3.63) is 57.7 Å². The van der Waals surface area contributed by atoms with Gasteiger partial charge in [0, 0.05) is 8.95 Å². The fraction of sp³-hybridized carbons (Fsp3) is 0. The Morgan fingerprint density at radius 2 is 1.78 bits per heavy atom. The maximum absolute atomic E-state index is 12.4. The smallest absolute Gasteiger partial charge is 0.340 e. The molecule has 0 saturated heterocycles. The Labute approximate surface area is 148 Å². The van der Waals surface area contributed by atoms with E-state index in [-0.39, 0.29) is 10.6 Å². The van der Waals surface area contributed by atoms with E-state index >= 15 is 0 Å². The van der Waals surface area contributed by atoms with Crippen LogP contribution in [0.15, 0.2) is 62.6 Å². The second-order valence-electron chi connectivity index (χ2n) is 4.36. The van der Waals surface area contributed by atoms with Crippen molar-refractivity contribution in [2.24, 2.45) is 0 Å². The summed E-state index contributed by atoms with van der Waals surface area (Å²) < 4.78 is 32.4. The van der Waals surface area contributed by atoms with E-state index < -0.39 is 10.1 Å². The highest BCUT2D eigenvalue weighted by Gasteiger charge is 2.20. The van der Waals surface area contributed by atoms with Gasteiger partial charge in [-0.2, -0.15) is 8.42 Å². The van der Waals surface area contributed by atoms with Gasteiger partial charge in [0.15, 0.2) is 0 Å². The van der Waals surface area contributed by atoms with Crippen LogP contribution in [0.2, 0.25) is 0 Å². The van der Waals surface area contributed by atoms with Gasteiger partial charge in [0.05, 0.1) is 5.69 Å². The van der Waals surface area contributed by atoms with Crippen LogP contribution in [-0.2, 0) is 10.1 Å². The normalized spacial score (nSPS) is 11.4. The summed E-state index contributed by atoms with van der Waals surface area (Å²) >= 11 is 6.46. The first-order valence-corrected chi connectivity index (χ1v) is 9.18. The Hall–Kier alpha value is -1.78. The Balaban J connectivity index is 1.87. The minimum absolute atomic E-state index is 0.0384. The van der Waals surface area contributed by atoms with Gasteiger partial charge < -0.3 is 4.18 Å². The number of benzene rings is 2. The SMILES string of the molecule is O=S(=O)(Oc1ccc(-n2cnnn2)cc1)c1cc(Br)ccc1Br. The summed E-state index contributed by atoms with van der Waals surface area (Å²) in [6, 6.07) is 11.2. The molecule has 7 nitrogen and oxygen atoms in total. The van der Waals surface area contributed by atoms with Crippen LogP contribution in [0.1, 0.15) is 0 Å². The van der Waals surface area contributed by atoms with E-state index in [0.29, 0.717) is 14.6 Å². The second-order valence-corrected chi connectivity index (χ2v) is 7.65. The van der Waals surface area contributed by atoms with Crippen LogP contribution >= 0.6 is 31.9 Å². The number of hydrogen-bond donors (Lipinski definition) is 0. The maximum atomic E-state index is 12.4. The molecule has 0 saturated carbocycles. The van der Waals surface area contributed by atoms with E-state index in [1.54, 1.807) is 24.3 Å². The molecule has 0 unspecified atom stereocenters. The molecule has 0 aliphatic heterocycles. The number of halogens is 2. The van der Waals surface area contributed by atoms with Gasteiger partial charge in [-0.25, -0.2) is 4.68 Å². The zero-order valence-corrected chi connectivity index (χ0v) is 15.3. The van der Waals surface area contributed by atoms with Crippen molar-refractivity contribution in [3.8, 4) is 11.4 Å². The van der Waals surface area contributed by atoms with Crippen molar-refractivity contribution in [1.29, 1.82) is 0 Å². The van der Waals surface area contributed by atoms with Crippen molar-refractivity contribution in [3.63, 3.8) is 0 Å². The van der Waals surface area contributed by atoms with Crippen LogP contribution in [0.4, 0.5) is 0 Å². The molecule has 1 aromatic heterocycles. The van der Waals surface area contributed by atoms with Crippen LogP contribution in [0.3, 0.4) is 0 Å². The molecule has 0 fully saturated rings. The predicted molar refractivity (Wildman–Crippen MR) is 88.8 cm³/mol. The average Bonchev–Trinajstić information content (AvgIpc) is 3.04. The molecular weight excluding hydrogens is 452 g/mol. The third-order valence-corrected chi connectivity index (χ3v) is 5.55. The topological polar surface area (TPSA) is 87.0 Å². The number of aromatic nitrogens is 4. The molecule has 0 aliphatic carbocycles. The van der Waals surface area contributed by atoms with E-state index in [1.165, 1.54) is 29.2 Å². The molecule has 0 atom stereocenters. The van der Waals surface area contributed by atoms with E-state index in [4.69, 9.17) is 4.18 Å². The molecule has 0 bridgehead atoms. The van der Waals surface area contributed by atoms with Crippen molar-refractivity contribution in [1.82, 2.24) is 20.2 Å². The first kappa shape index (κ1) is 16.1. The molecule has 0 radical (unpaired) electrons. The second kappa shape index (κ2) is 6.38. The minimum atomic E-state index is -3.96. The van der Waals surface area contributed by atoms with Crippen LogP contribution < -0.4 is 4.18 Å². The van der Waals surface area contributed by atoms with Gasteiger partial charge >= 0.3 is 10.1 Å². The monoisotopic (exact) mass is 458 g/mol. The van der Waals surface area contributed by atoms with E-state index in [2.05, 4.69) is 47.4 Å². The molecule has 0 spiro atoms. The first-order chi connectivity index (χ1) is 11.0. The molecular formula is C13H8Br2N4O3S. The van der Waals surface area contributed by atoms with E-state index in [1.807, 2.05) is 0 Å². The Bertz CT molecular complexity index is 928. The van der Waals surface area contributed by atoms with Crippen LogP contribution in [-0.4, -0.2) is 28.6 Å². The number of nitrogens with zero attached hydrogens (tertiary/aromatic N) is 4. The molecule has 118 valence electrons. The lowest BCUT2D eigenvalue weighted by Gasteiger charge is -2.09. The summed E-state index contributed by atoms with van der Waals surface area (Å²) in [6.07, 6.45) is 1.44. The molecule has 3 rings (SSSR count). The van der Waals surface area contributed by atoms with Gasteiger partial charge in [-0.1, -0.05) is 15.9 Å². The van der Waals surface area contributed by atoms with Gasteiger partial charge in [0.2, 0.25) is 0 Å². The summed E-state index contributed by atoms with van der Waals surface area (Å²) in [4.78, 5) is 0.0384. The van der Waals surface area contributed by atoms with Gasteiger partial charge in [0.25, 0.3) is 0 Å². The van der Waals surface area contributed by atoms with Crippen LogP contribution in [0.25, 0.3) is 5.69 Å². The van der Waals surface area contributed by atoms with Gasteiger partial charge in [-0.3, -0.25) is 0 Å². The summed E-state index contributed by atoms with van der Waals surface area (Å²) in [6.45, 7) is 0. The third kappa shape index (κ3) is 3.59. The highest BCUT2D eigenvalue weighted by Crippen LogP contribution is 2.28. The highest BCUT2D eigenvalue weighted by atomic mass is 79.9. The largest absolute Gasteiger partial charge is 0.379 e. The molecule has 3 aromatic rings. The predicted octanol–water partition coefficient (Wildman–Crippen LogP) is 2.96. The van der Waals surface area contributed by atoms with Crippen molar-refractivity contribution in [2.75, 3.05) is 0 Å². The van der Waals surface area contributed by atoms with Crippen LogP contribution in [0.5, 0.6) is 5.75 Å². The lowest BCUT2D eigenvalue weighted by molar-refractivity contribution is 0.485. The zero-order chi connectivity index (χ0) is 16.4. The highest BCUT2D eigenvalue weighted by molar-refractivity contribution is 9.11. The standard InChI is InChI=1S/C13H8Br2N4O3S/c14-9-1-6-12(15)13(7-9)23(20,21)22-11-4-2-10(3-5-11)19-8-16-17-18-19/h1-8H. The quantitative estimate of drug-likeness (QED) is 0.557. The van der Waals surface area contributed by atoms with E-state index in [9.17, 15) is 8.42 Å². The maximum Gasteiger partial charge on any atom is 0.340 e. The van der Waals surface area contributed by atoms with Crippen molar-refractivity contribution in [2.45, 2.75) is 4.90 Å². The van der Waals surface area contributed by atoms with Gasteiger partial charge in [-0.05, 0) is 68.8 Å². The molecule has 0 aliphatic rings. The molecule has 2 aromatic carbocycles. The Kier molecular flexibility index (Phi) is 4.46. The number of hydrogen-bond acceptors (Lipinski definition) is 6.